The van der Waals surface area contributed by atoms with Crippen molar-refractivity contribution in [2.24, 2.45) is 0 Å². The molecule has 0 aromatic carbocycles. The van der Waals surface area contributed by atoms with Crippen LogP contribution in [0.3, 0.4) is 0 Å². The van der Waals surface area contributed by atoms with Crippen LogP contribution in [0.15, 0.2) is 11.6 Å². The fourth-order valence-electron chi connectivity index (χ4n) is 3.60. The lowest BCUT2D eigenvalue weighted by atomic mass is 9.94. The maximum Gasteiger partial charge on any atom is 0.317 e. The molecule has 3 rings (SSSR count). The zero-order chi connectivity index (χ0) is 16.3. The lowest BCUT2D eigenvalue weighted by molar-refractivity contribution is -0.102. The van der Waals surface area contributed by atoms with E-state index in [-0.39, 0.29) is 17.5 Å². The van der Waals surface area contributed by atoms with Gasteiger partial charge in [-0.3, -0.25) is 0 Å². The van der Waals surface area contributed by atoms with Crippen LogP contribution in [0.4, 0.5) is 4.79 Å². The Bertz CT molecular complexity index is 571. The molecule has 1 aliphatic carbocycles. The molecule has 6 nitrogen and oxygen atoms in total. The second-order valence-corrected chi connectivity index (χ2v) is 9.18. The van der Waals surface area contributed by atoms with Crippen molar-refractivity contribution in [3.63, 3.8) is 0 Å². The average molecular weight is 342 g/mol. The monoisotopic (exact) mass is 342 g/mol. The molecule has 7 heteroatoms. The Morgan fingerprint density at radius 3 is 2.78 bits per heavy atom. The summed E-state index contributed by atoms with van der Waals surface area (Å²) >= 11 is 0. The van der Waals surface area contributed by atoms with E-state index in [2.05, 4.69) is 11.4 Å². The first-order valence-electron chi connectivity index (χ1n) is 8.53. The normalized spacial score (nSPS) is 26.6. The molecule has 0 unspecified atom stereocenters. The molecule has 0 aromatic rings. The zero-order valence-corrected chi connectivity index (χ0v) is 14.4. The van der Waals surface area contributed by atoms with E-state index < -0.39 is 15.4 Å². The minimum atomic E-state index is -2.93. The molecule has 0 aromatic heterocycles. The highest BCUT2D eigenvalue weighted by molar-refractivity contribution is 7.91. The highest BCUT2D eigenvalue weighted by atomic mass is 32.2. The lowest BCUT2D eigenvalue weighted by Gasteiger charge is -2.44. The Morgan fingerprint density at radius 2 is 2.09 bits per heavy atom. The van der Waals surface area contributed by atoms with Crippen molar-refractivity contribution in [1.82, 2.24) is 10.2 Å². The summed E-state index contributed by atoms with van der Waals surface area (Å²) in [6.07, 6.45) is 7.85. The Kier molecular flexibility index (Phi) is 4.96. The van der Waals surface area contributed by atoms with Crippen LogP contribution in [-0.2, 0) is 14.6 Å². The zero-order valence-electron chi connectivity index (χ0n) is 13.6. The third-order valence-corrected chi connectivity index (χ3v) is 6.78. The van der Waals surface area contributed by atoms with E-state index >= 15 is 0 Å². The molecule has 2 aliphatic heterocycles. The van der Waals surface area contributed by atoms with E-state index in [1.807, 2.05) is 0 Å². The Labute approximate surface area is 138 Å². The molecule has 2 fully saturated rings. The fraction of sp³-hybridized carbons (Fsp3) is 0.812. The van der Waals surface area contributed by atoms with E-state index in [4.69, 9.17) is 4.74 Å². The van der Waals surface area contributed by atoms with E-state index in [1.54, 1.807) is 4.90 Å². The molecule has 0 saturated carbocycles. The van der Waals surface area contributed by atoms with Gasteiger partial charge in [0.1, 0.15) is 0 Å². The van der Waals surface area contributed by atoms with E-state index in [1.165, 1.54) is 18.4 Å². The maximum absolute atomic E-state index is 12.4. The fourth-order valence-corrected chi connectivity index (χ4v) is 5.17. The van der Waals surface area contributed by atoms with E-state index in [0.29, 0.717) is 39.1 Å². The number of carbonyl (C=O) groups is 1. The summed E-state index contributed by atoms with van der Waals surface area (Å²) in [5, 5.41) is 3.01. The number of hydrogen-bond donors (Lipinski definition) is 1. The van der Waals surface area contributed by atoms with Gasteiger partial charge in [-0.05, 0) is 38.5 Å². The molecular formula is C16H26N2O4S. The number of rotatable bonds is 2. The molecule has 0 radical (unpaired) electrons. The van der Waals surface area contributed by atoms with Gasteiger partial charge in [0, 0.05) is 13.1 Å². The average Bonchev–Trinajstić information content (AvgIpc) is 2.57. The van der Waals surface area contributed by atoms with E-state index in [9.17, 15) is 13.2 Å². The van der Waals surface area contributed by atoms with Gasteiger partial charge in [-0.15, -0.1) is 0 Å². The van der Waals surface area contributed by atoms with Gasteiger partial charge < -0.3 is 15.0 Å². The van der Waals surface area contributed by atoms with Gasteiger partial charge >= 0.3 is 6.03 Å². The topological polar surface area (TPSA) is 75.7 Å². The molecule has 3 aliphatic rings. The number of carbonyl (C=O) groups excluding carboxylic acids is 1. The van der Waals surface area contributed by atoms with Gasteiger partial charge in [-0.1, -0.05) is 11.6 Å². The predicted molar refractivity (Wildman–Crippen MR) is 88.1 cm³/mol. The van der Waals surface area contributed by atoms with Crippen molar-refractivity contribution in [1.29, 1.82) is 0 Å². The number of nitrogens with zero attached hydrogens (tertiary/aromatic N) is 1. The summed E-state index contributed by atoms with van der Waals surface area (Å²) in [5.74, 6) is 0.324. The molecule has 2 heterocycles. The summed E-state index contributed by atoms with van der Waals surface area (Å²) in [4.78, 5) is 14.2. The largest absolute Gasteiger partial charge is 0.371 e. The first-order chi connectivity index (χ1) is 11.0. The van der Waals surface area contributed by atoms with Gasteiger partial charge in [-0.25, -0.2) is 13.2 Å². The Morgan fingerprint density at radius 1 is 1.30 bits per heavy atom. The Balaban J connectivity index is 1.53. The van der Waals surface area contributed by atoms with Crippen molar-refractivity contribution in [3.8, 4) is 0 Å². The molecule has 1 N–H and O–H groups in total. The van der Waals surface area contributed by atoms with Crippen LogP contribution in [0.2, 0.25) is 0 Å². The summed E-state index contributed by atoms with van der Waals surface area (Å²) in [7, 11) is -2.93. The van der Waals surface area contributed by atoms with Crippen LogP contribution in [0.25, 0.3) is 0 Å². The number of sulfone groups is 1. The van der Waals surface area contributed by atoms with Crippen molar-refractivity contribution in [2.45, 2.75) is 44.1 Å². The molecule has 0 bridgehead atoms. The maximum atomic E-state index is 12.4. The molecule has 23 heavy (non-hydrogen) atoms. The van der Waals surface area contributed by atoms with Crippen molar-refractivity contribution >= 4 is 15.9 Å². The lowest BCUT2D eigenvalue weighted by Crippen LogP contribution is -2.58. The van der Waals surface area contributed by atoms with Crippen LogP contribution in [0, 0.1) is 0 Å². The smallest absolute Gasteiger partial charge is 0.317 e. The van der Waals surface area contributed by atoms with Crippen LogP contribution in [0.5, 0.6) is 0 Å². The number of allylic oxidation sites excluding steroid dienone is 1. The number of ether oxygens (including phenoxy) is 1. The minimum absolute atomic E-state index is 0.0624. The van der Waals surface area contributed by atoms with Crippen LogP contribution < -0.4 is 5.32 Å². The highest BCUT2D eigenvalue weighted by Crippen LogP contribution is 2.31. The van der Waals surface area contributed by atoms with Crippen molar-refractivity contribution in [2.75, 3.05) is 37.7 Å². The Hall–Kier alpha value is -1.08. The van der Waals surface area contributed by atoms with Crippen LogP contribution in [-0.4, -0.2) is 62.7 Å². The number of morpholine rings is 1. The first kappa shape index (κ1) is 16.8. The van der Waals surface area contributed by atoms with Crippen LogP contribution in [0.1, 0.15) is 38.5 Å². The van der Waals surface area contributed by atoms with Crippen LogP contribution >= 0.6 is 0 Å². The number of amides is 2. The molecule has 2 amide bonds. The number of hydrogen-bond acceptors (Lipinski definition) is 4. The summed E-state index contributed by atoms with van der Waals surface area (Å²) in [5.41, 5.74) is 0.849. The first-order valence-corrected chi connectivity index (χ1v) is 10.4. The second-order valence-electron chi connectivity index (χ2n) is 6.87. The quantitative estimate of drug-likeness (QED) is 0.771. The van der Waals surface area contributed by atoms with Gasteiger partial charge in [0.15, 0.2) is 9.84 Å². The number of urea groups is 1. The summed E-state index contributed by atoms with van der Waals surface area (Å²) in [6.45, 7) is 2.17. The second kappa shape index (κ2) is 6.81. The highest BCUT2D eigenvalue weighted by Gasteiger charge is 2.42. The van der Waals surface area contributed by atoms with E-state index in [0.717, 1.165) is 12.8 Å². The minimum Gasteiger partial charge on any atom is -0.371 e. The molecule has 130 valence electrons. The summed E-state index contributed by atoms with van der Waals surface area (Å²) in [6, 6.07) is -0.0624. The molecule has 1 spiro atoms. The van der Waals surface area contributed by atoms with Crippen molar-refractivity contribution < 1.29 is 17.9 Å². The SMILES string of the molecule is O=C(NCC1=CCCCC1)N1CCOC2(CCS(=O)(=O)CC2)C1. The third kappa shape index (κ3) is 4.26. The van der Waals surface area contributed by atoms with Gasteiger partial charge in [0.05, 0.1) is 30.3 Å². The third-order valence-electron chi connectivity index (χ3n) is 5.12. The molecule has 2 saturated heterocycles. The molecular weight excluding hydrogens is 316 g/mol. The van der Waals surface area contributed by atoms with Gasteiger partial charge in [0.25, 0.3) is 0 Å². The standard InChI is InChI=1S/C16H26N2O4S/c19-15(17-12-14-4-2-1-3-5-14)18-8-9-22-16(13-18)6-10-23(20,21)11-7-16/h4H,1-3,5-13H2,(H,17,19). The van der Waals surface area contributed by atoms with Crippen molar-refractivity contribution in [3.05, 3.63) is 11.6 Å². The predicted octanol–water partition coefficient (Wildman–Crippen LogP) is 1.48. The van der Waals surface area contributed by atoms with Gasteiger partial charge in [-0.2, -0.15) is 0 Å². The number of nitrogens with one attached hydrogen (secondary N) is 1. The summed E-state index contributed by atoms with van der Waals surface area (Å²) < 4.78 is 29.1. The molecule has 0 atom stereocenters. The van der Waals surface area contributed by atoms with Gasteiger partial charge in [0.2, 0.25) is 0 Å².